The van der Waals surface area contributed by atoms with Gasteiger partial charge in [-0.25, -0.2) is 18.4 Å². The maximum atomic E-state index is 14.3. The SMILES string of the molecule is CCO[C@@H](Cc1ccc(OCC(=O)N(Cc2ccc(C)cc2)Cc2ccc(Br)cc2)cc1)C(=O)O.CCO[C@@H](Cc1ccc(OCC(=O)N(Cc2ccc(C)cc2)Cc2ccc(F)cc2F)cc1)C(=O)O. The molecule has 12 nitrogen and oxygen atoms in total. The van der Waals surface area contributed by atoms with Crippen LogP contribution in [0.3, 0.4) is 0 Å². The van der Waals surface area contributed by atoms with E-state index in [-0.39, 0.29) is 56.5 Å². The van der Waals surface area contributed by atoms with Gasteiger partial charge in [0.2, 0.25) is 0 Å². The van der Waals surface area contributed by atoms with E-state index in [1.54, 1.807) is 67.3 Å². The molecule has 0 saturated heterocycles. The number of aliphatic carboxylic acids is 2. The number of nitrogens with zero attached hydrogens (tertiary/aromatic N) is 2. The summed E-state index contributed by atoms with van der Waals surface area (Å²) in [5, 5.41) is 18.5. The number of carbonyl (C=O) groups excluding carboxylic acids is 2. The fourth-order valence-corrected chi connectivity index (χ4v) is 7.40. The Balaban J connectivity index is 0.000000264. The Morgan fingerprint density at radius 1 is 0.521 bits per heavy atom. The van der Waals surface area contributed by atoms with Gasteiger partial charge < -0.3 is 39.0 Å². The van der Waals surface area contributed by atoms with Crippen molar-refractivity contribution in [2.24, 2.45) is 0 Å². The minimum absolute atomic E-state index is 0.0465. The minimum Gasteiger partial charge on any atom is -0.484 e. The highest BCUT2D eigenvalue weighted by Crippen LogP contribution is 2.20. The molecule has 2 amide bonds. The number of carboxylic acid groups (broad SMARTS) is 2. The quantitative estimate of drug-likeness (QED) is 0.0599. The maximum Gasteiger partial charge on any atom is 0.333 e. The fourth-order valence-electron chi connectivity index (χ4n) is 7.14. The van der Waals surface area contributed by atoms with Crippen molar-refractivity contribution in [3.8, 4) is 11.5 Å². The molecule has 0 aliphatic heterocycles. The van der Waals surface area contributed by atoms with Crippen molar-refractivity contribution in [3.63, 3.8) is 0 Å². The first-order valence-electron chi connectivity index (χ1n) is 23.1. The van der Waals surface area contributed by atoms with Crippen LogP contribution < -0.4 is 9.47 Å². The largest absolute Gasteiger partial charge is 0.484 e. The van der Waals surface area contributed by atoms with Gasteiger partial charge in [-0.15, -0.1) is 0 Å². The molecule has 0 radical (unpaired) electrons. The molecule has 0 spiro atoms. The lowest BCUT2D eigenvalue weighted by atomic mass is 10.1. The van der Waals surface area contributed by atoms with E-state index in [0.717, 1.165) is 50.0 Å². The fraction of sp³-hybridized carbons (Fsp3) is 0.286. The second kappa shape index (κ2) is 28.0. The Hall–Kier alpha value is -6.94. The minimum atomic E-state index is -1.03. The van der Waals surface area contributed by atoms with Gasteiger partial charge in [-0.1, -0.05) is 118 Å². The molecule has 0 fully saturated rings. The number of benzene rings is 6. The summed E-state index contributed by atoms with van der Waals surface area (Å²) in [5.41, 5.74) is 6.95. The molecule has 2 atom stereocenters. The summed E-state index contributed by atoms with van der Waals surface area (Å²) in [6.07, 6.45) is -1.36. The molecular weight excluding hydrogens is 979 g/mol. The number of aryl methyl sites for hydroxylation is 2. The summed E-state index contributed by atoms with van der Waals surface area (Å²) in [5.74, 6) is -2.95. The Kier molecular flexibility index (Phi) is 21.7. The van der Waals surface area contributed by atoms with E-state index >= 15 is 0 Å². The predicted octanol–water partition coefficient (Wildman–Crippen LogP) is 10.3. The van der Waals surface area contributed by atoms with E-state index in [0.29, 0.717) is 37.8 Å². The van der Waals surface area contributed by atoms with E-state index in [1.165, 1.54) is 16.5 Å². The summed E-state index contributed by atoms with van der Waals surface area (Å²) in [6, 6.07) is 40.8. The van der Waals surface area contributed by atoms with Gasteiger partial charge >= 0.3 is 11.9 Å². The average Bonchev–Trinajstić information content (AvgIpc) is 3.35. The van der Waals surface area contributed by atoms with E-state index < -0.39 is 35.8 Å². The molecule has 6 rings (SSSR count). The Bertz CT molecular complexity index is 2590. The van der Waals surface area contributed by atoms with Gasteiger partial charge in [0.05, 0.1) is 0 Å². The van der Waals surface area contributed by atoms with E-state index in [4.69, 9.17) is 18.9 Å². The molecule has 6 aromatic rings. The number of hydrogen-bond acceptors (Lipinski definition) is 8. The number of rotatable bonds is 24. The lowest BCUT2D eigenvalue weighted by molar-refractivity contribution is -0.150. The molecule has 374 valence electrons. The number of ether oxygens (including phenoxy) is 4. The zero-order chi connectivity index (χ0) is 51.3. The lowest BCUT2D eigenvalue weighted by Crippen LogP contribution is -2.34. The highest BCUT2D eigenvalue weighted by atomic mass is 79.9. The van der Waals surface area contributed by atoms with Crippen LogP contribution in [-0.2, 0) is 67.7 Å². The molecule has 0 bridgehead atoms. The zero-order valence-corrected chi connectivity index (χ0v) is 41.8. The molecule has 71 heavy (non-hydrogen) atoms. The normalized spacial score (nSPS) is 11.6. The predicted molar refractivity (Wildman–Crippen MR) is 269 cm³/mol. The van der Waals surface area contributed by atoms with Gasteiger partial charge in [-0.2, -0.15) is 0 Å². The average molecular weight is 1040 g/mol. The molecular formula is C56H59BrF2N2O10. The first-order chi connectivity index (χ1) is 34.1. The summed E-state index contributed by atoms with van der Waals surface area (Å²) >= 11 is 3.45. The molecule has 0 unspecified atom stereocenters. The number of carboxylic acids is 2. The van der Waals surface area contributed by atoms with E-state index in [1.807, 2.05) is 86.6 Å². The van der Waals surface area contributed by atoms with Crippen molar-refractivity contribution in [3.05, 3.63) is 200 Å². The van der Waals surface area contributed by atoms with Crippen molar-refractivity contribution < 1.29 is 57.1 Å². The van der Waals surface area contributed by atoms with Gasteiger partial charge in [-0.3, -0.25) is 9.59 Å². The van der Waals surface area contributed by atoms with E-state index in [2.05, 4.69) is 15.9 Å². The third kappa shape index (κ3) is 18.7. The standard InChI is InChI=1S/C28H30BrNO5.C28H29F2NO5/c1-3-34-26(28(32)33)16-21-10-14-25(15-11-21)35-19-27(31)30(17-22-6-4-20(2)5-7-22)18-23-8-12-24(29)13-9-23;1-3-35-26(28(33)34)14-20-8-12-24(13-9-20)36-18-27(32)31(16-21-6-4-19(2)5-7-21)17-22-10-11-23(29)15-25(22)30/h4-15,26H,3,16-19H2,1-2H3,(H,32,33);4-13,15,26H,3,14,16-18H2,1-2H3,(H,33,34)/t2*26-/m00/s1. The summed E-state index contributed by atoms with van der Waals surface area (Å²) < 4.78 is 50.5. The van der Waals surface area contributed by atoms with Crippen LogP contribution in [0.5, 0.6) is 11.5 Å². The topological polar surface area (TPSA) is 152 Å². The van der Waals surface area contributed by atoms with Crippen LogP contribution in [0.4, 0.5) is 8.78 Å². The number of halogens is 3. The van der Waals surface area contributed by atoms with E-state index in [9.17, 15) is 38.2 Å². The Labute approximate surface area is 421 Å². The monoisotopic (exact) mass is 1040 g/mol. The lowest BCUT2D eigenvalue weighted by Gasteiger charge is -2.23. The van der Waals surface area contributed by atoms with Crippen LogP contribution in [-0.4, -0.2) is 82.4 Å². The summed E-state index contributed by atoms with van der Waals surface area (Å²) in [7, 11) is 0. The third-order valence-corrected chi connectivity index (χ3v) is 11.6. The van der Waals surface area contributed by atoms with Crippen LogP contribution >= 0.6 is 15.9 Å². The first-order valence-corrected chi connectivity index (χ1v) is 23.9. The molecule has 6 aromatic carbocycles. The molecule has 0 heterocycles. The zero-order valence-electron chi connectivity index (χ0n) is 40.2. The Morgan fingerprint density at radius 3 is 1.25 bits per heavy atom. The number of hydrogen-bond donors (Lipinski definition) is 2. The number of carbonyl (C=O) groups is 4. The molecule has 0 aliphatic carbocycles. The second-order valence-corrected chi connectivity index (χ2v) is 17.6. The molecule has 0 saturated carbocycles. The van der Waals surface area contributed by atoms with Gasteiger partial charge in [0.1, 0.15) is 23.1 Å². The highest BCUT2D eigenvalue weighted by Gasteiger charge is 2.21. The smallest absolute Gasteiger partial charge is 0.333 e. The second-order valence-electron chi connectivity index (χ2n) is 16.7. The van der Waals surface area contributed by atoms with Crippen LogP contribution in [0.15, 0.2) is 144 Å². The van der Waals surface area contributed by atoms with Crippen molar-refractivity contribution in [1.29, 1.82) is 0 Å². The molecule has 15 heteroatoms. The Morgan fingerprint density at radius 2 is 0.887 bits per heavy atom. The molecule has 0 aliphatic rings. The van der Waals surface area contributed by atoms with Crippen LogP contribution in [0, 0.1) is 25.5 Å². The van der Waals surface area contributed by atoms with Crippen molar-refractivity contribution in [2.75, 3.05) is 26.4 Å². The highest BCUT2D eigenvalue weighted by molar-refractivity contribution is 9.10. The van der Waals surface area contributed by atoms with Gasteiger partial charge in [0.15, 0.2) is 25.4 Å². The van der Waals surface area contributed by atoms with Crippen molar-refractivity contribution in [2.45, 2.75) is 78.9 Å². The van der Waals surface area contributed by atoms with Crippen LogP contribution in [0.25, 0.3) is 0 Å². The molecule has 0 aromatic heterocycles. The summed E-state index contributed by atoms with van der Waals surface area (Å²) in [6.45, 7) is 8.86. The van der Waals surface area contributed by atoms with Crippen molar-refractivity contribution >= 4 is 39.7 Å². The van der Waals surface area contributed by atoms with Gasteiger partial charge in [-0.05, 0) is 98.0 Å². The molecule has 2 N–H and O–H groups in total. The van der Waals surface area contributed by atoms with Crippen molar-refractivity contribution in [1.82, 2.24) is 9.80 Å². The summed E-state index contributed by atoms with van der Waals surface area (Å²) in [4.78, 5) is 52.0. The van der Waals surface area contributed by atoms with Gasteiger partial charge in [0, 0.05) is 68.3 Å². The number of amides is 2. The van der Waals surface area contributed by atoms with Gasteiger partial charge in [0.25, 0.3) is 11.8 Å². The van der Waals surface area contributed by atoms with Crippen LogP contribution in [0.2, 0.25) is 0 Å². The van der Waals surface area contributed by atoms with Crippen LogP contribution in [0.1, 0.15) is 58.4 Å². The third-order valence-electron chi connectivity index (χ3n) is 11.1. The maximum absolute atomic E-state index is 14.3. The first kappa shape index (κ1) is 55.0.